The summed E-state index contributed by atoms with van der Waals surface area (Å²) in [7, 11) is 1.57. The molecule has 0 saturated carbocycles. The molecule has 0 fully saturated rings. The summed E-state index contributed by atoms with van der Waals surface area (Å²) in [5.41, 5.74) is 1.73. The zero-order chi connectivity index (χ0) is 18.9. The first kappa shape index (κ1) is 19.6. The van der Waals surface area contributed by atoms with Crippen LogP contribution in [0.5, 0.6) is 11.5 Å². The molecule has 0 spiro atoms. The predicted octanol–water partition coefficient (Wildman–Crippen LogP) is 5.34. The Balaban J connectivity index is 2.01. The highest BCUT2D eigenvalue weighted by Gasteiger charge is 2.25. The SMILES string of the molecule is CO/C=C(\C)C(C(=O)OCc1cccc(Oc2ccccc2)c1)C(C)C. The molecule has 4 heteroatoms. The van der Waals surface area contributed by atoms with Crippen LogP contribution in [0.4, 0.5) is 0 Å². The third-order valence-electron chi connectivity index (χ3n) is 3.97. The Morgan fingerprint density at radius 2 is 1.73 bits per heavy atom. The quantitative estimate of drug-likeness (QED) is 0.474. The minimum absolute atomic E-state index is 0.127. The summed E-state index contributed by atoms with van der Waals surface area (Å²) < 4.78 is 16.4. The van der Waals surface area contributed by atoms with Gasteiger partial charge in [-0.05, 0) is 48.2 Å². The van der Waals surface area contributed by atoms with Gasteiger partial charge in [-0.25, -0.2) is 0 Å². The van der Waals surface area contributed by atoms with Crippen molar-refractivity contribution in [2.24, 2.45) is 11.8 Å². The highest BCUT2D eigenvalue weighted by molar-refractivity contribution is 5.76. The molecule has 1 atom stereocenters. The van der Waals surface area contributed by atoms with Gasteiger partial charge in [0.1, 0.15) is 18.1 Å². The fourth-order valence-electron chi connectivity index (χ4n) is 2.81. The van der Waals surface area contributed by atoms with Crippen LogP contribution < -0.4 is 4.74 Å². The van der Waals surface area contributed by atoms with Crippen LogP contribution in [-0.4, -0.2) is 13.1 Å². The topological polar surface area (TPSA) is 44.8 Å². The van der Waals surface area contributed by atoms with Gasteiger partial charge in [0.05, 0.1) is 19.3 Å². The smallest absolute Gasteiger partial charge is 0.313 e. The number of esters is 1. The van der Waals surface area contributed by atoms with Crippen LogP contribution in [0.25, 0.3) is 0 Å². The van der Waals surface area contributed by atoms with Crippen LogP contribution >= 0.6 is 0 Å². The van der Waals surface area contributed by atoms with Crippen molar-refractivity contribution in [1.82, 2.24) is 0 Å². The molecule has 4 nitrogen and oxygen atoms in total. The monoisotopic (exact) mass is 354 g/mol. The van der Waals surface area contributed by atoms with E-state index >= 15 is 0 Å². The highest BCUT2D eigenvalue weighted by Crippen LogP contribution is 2.24. The van der Waals surface area contributed by atoms with Gasteiger partial charge in [0.25, 0.3) is 0 Å². The summed E-state index contributed by atoms with van der Waals surface area (Å²) in [6, 6.07) is 17.1. The second-order valence-corrected chi connectivity index (χ2v) is 6.49. The molecule has 138 valence electrons. The molecule has 0 aliphatic rings. The van der Waals surface area contributed by atoms with Gasteiger partial charge in [-0.3, -0.25) is 4.79 Å². The normalized spacial score (nSPS) is 12.6. The van der Waals surface area contributed by atoms with E-state index in [1.807, 2.05) is 75.4 Å². The Kier molecular flexibility index (Phi) is 7.27. The van der Waals surface area contributed by atoms with Crippen molar-refractivity contribution in [2.45, 2.75) is 27.4 Å². The highest BCUT2D eigenvalue weighted by atomic mass is 16.5. The molecule has 0 aromatic heterocycles. The summed E-state index contributed by atoms with van der Waals surface area (Å²) in [6.07, 6.45) is 1.60. The number of carbonyl (C=O) groups is 1. The van der Waals surface area contributed by atoms with E-state index in [1.165, 1.54) is 0 Å². The molecule has 26 heavy (non-hydrogen) atoms. The molecule has 0 bridgehead atoms. The van der Waals surface area contributed by atoms with Crippen molar-refractivity contribution in [2.75, 3.05) is 7.11 Å². The summed E-state index contributed by atoms with van der Waals surface area (Å²) in [5, 5.41) is 0. The van der Waals surface area contributed by atoms with Crippen LogP contribution in [0.1, 0.15) is 26.3 Å². The summed E-state index contributed by atoms with van der Waals surface area (Å²) in [4.78, 5) is 12.5. The van der Waals surface area contributed by atoms with Gasteiger partial charge in [-0.15, -0.1) is 0 Å². The molecule has 0 N–H and O–H groups in total. The van der Waals surface area contributed by atoms with Gasteiger partial charge in [-0.2, -0.15) is 0 Å². The van der Waals surface area contributed by atoms with Gasteiger partial charge in [0.15, 0.2) is 0 Å². The van der Waals surface area contributed by atoms with E-state index in [9.17, 15) is 4.79 Å². The molecular formula is C22H26O4. The number of carbonyl (C=O) groups excluding carboxylic acids is 1. The maximum atomic E-state index is 12.5. The number of ether oxygens (including phenoxy) is 3. The third kappa shape index (κ3) is 5.66. The number of rotatable bonds is 8. The van der Waals surface area contributed by atoms with Gasteiger partial charge < -0.3 is 14.2 Å². The zero-order valence-corrected chi connectivity index (χ0v) is 15.8. The van der Waals surface area contributed by atoms with Crippen molar-refractivity contribution in [3.63, 3.8) is 0 Å². The molecule has 0 aliphatic carbocycles. The van der Waals surface area contributed by atoms with Crippen molar-refractivity contribution < 1.29 is 19.0 Å². The Morgan fingerprint density at radius 3 is 2.38 bits per heavy atom. The Labute approximate surface area is 155 Å². The maximum absolute atomic E-state index is 12.5. The van der Waals surface area contributed by atoms with E-state index in [1.54, 1.807) is 13.4 Å². The third-order valence-corrected chi connectivity index (χ3v) is 3.97. The van der Waals surface area contributed by atoms with Gasteiger partial charge in [0, 0.05) is 0 Å². The van der Waals surface area contributed by atoms with Gasteiger partial charge >= 0.3 is 5.97 Å². The minimum atomic E-state index is -0.321. The van der Waals surface area contributed by atoms with Crippen LogP contribution in [0.2, 0.25) is 0 Å². The molecule has 0 heterocycles. The van der Waals surface area contributed by atoms with Crippen molar-refractivity contribution in [1.29, 1.82) is 0 Å². The summed E-state index contributed by atoms with van der Waals surface area (Å²) in [6.45, 7) is 6.07. The number of hydrogen-bond acceptors (Lipinski definition) is 4. The molecule has 2 aromatic carbocycles. The fourth-order valence-corrected chi connectivity index (χ4v) is 2.81. The zero-order valence-electron chi connectivity index (χ0n) is 15.8. The minimum Gasteiger partial charge on any atom is -0.504 e. The average Bonchev–Trinajstić information content (AvgIpc) is 2.61. The lowest BCUT2D eigenvalue weighted by atomic mass is 9.90. The first-order valence-electron chi connectivity index (χ1n) is 8.69. The van der Waals surface area contributed by atoms with E-state index in [-0.39, 0.29) is 24.4 Å². The largest absolute Gasteiger partial charge is 0.504 e. The van der Waals surface area contributed by atoms with Crippen molar-refractivity contribution in [3.8, 4) is 11.5 Å². The first-order chi connectivity index (χ1) is 12.5. The van der Waals surface area contributed by atoms with Crippen molar-refractivity contribution >= 4 is 5.97 Å². The maximum Gasteiger partial charge on any atom is 0.313 e. The van der Waals surface area contributed by atoms with E-state index < -0.39 is 0 Å². The van der Waals surface area contributed by atoms with E-state index in [2.05, 4.69) is 0 Å². The summed E-state index contributed by atoms with van der Waals surface area (Å²) in [5.74, 6) is 1.03. The predicted molar refractivity (Wildman–Crippen MR) is 102 cm³/mol. The van der Waals surface area contributed by atoms with Gasteiger partial charge in [-0.1, -0.05) is 44.2 Å². The molecule has 0 radical (unpaired) electrons. The molecule has 0 aliphatic heterocycles. The van der Waals surface area contributed by atoms with E-state index in [4.69, 9.17) is 14.2 Å². The molecule has 1 unspecified atom stereocenters. The lowest BCUT2D eigenvalue weighted by Gasteiger charge is -2.20. The average molecular weight is 354 g/mol. The first-order valence-corrected chi connectivity index (χ1v) is 8.69. The Hall–Kier alpha value is -2.75. The van der Waals surface area contributed by atoms with E-state index in [0.717, 1.165) is 16.9 Å². The van der Waals surface area contributed by atoms with Crippen LogP contribution in [0, 0.1) is 11.8 Å². The lowest BCUT2D eigenvalue weighted by molar-refractivity contribution is -0.150. The van der Waals surface area contributed by atoms with Gasteiger partial charge in [0.2, 0.25) is 0 Å². The standard InChI is InChI=1S/C22H26O4/c1-16(2)21(17(3)14-24-4)22(23)25-15-18-9-8-12-20(13-18)26-19-10-6-5-7-11-19/h5-14,16,21H,15H2,1-4H3/b17-14+. The molecular weight excluding hydrogens is 328 g/mol. The Bertz CT molecular complexity index is 735. The number of benzene rings is 2. The number of para-hydroxylation sites is 1. The molecule has 2 aromatic rings. The fraction of sp³-hybridized carbons (Fsp3) is 0.318. The number of hydrogen-bond donors (Lipinski definition) is 0. The van der Waals surface area contributed by atoms with Crippen molar-refractivity contribution in [3.05, 3.63) is 72.0 Å². The van der Waals surface area contributed by atoms with Crippen LogP contribution in [0.3, 0.4) is 0 Å². The lowest BCUT2D eigenvalue weighted by Crippen LogP contribution is -2.24. The van der Waals surface area contributed by atoms with Crippen LogP contribution in [0.15, 0.2) is 66.4 Å². The Morgan fingerprint density at radius 1 is 1.04 bits per heavy atom. The van der Waals surface area contributed by atoms with E-state index in [0.29, 0.717) is 5.75 Å². The second-order valence-electron chi connectivity index (χ2n) is 6.49. The second kappa shape index (κ2) is 9.66. The molecule has 0 amide bonds. The number of methoxy groups -OCH3 is 1. The summed E-state index contributed by atoms with van der Waals surface area (Å²) >= 11 is 0. The van der Waals surface area contributed by atoms with Crippen LogP contribution in [-0.2, 0) is 20.9 Å². The molecule has 2 rings (SSSR count). The molecule has 0 saturated heterocycles.